The molecular formula is C24H24O3. The van der Waals surface area contributed by atoms with Crippen LogP contribution in [0.15, 0.2) is 54.6 Å². The van der Waals surface area contributed by atoms with E-state index in [4.69, 9.17) is 9.47 Å². The van der Waals surface area contributed by atoms with Crippen LogP contribution in [0, 0.1) is 17.8 Å². The first kappa shape index (κ1) is 15.8. The number of ether oxygens (including phenoxy) is 2. The predicted octanol–water partition coefficient (Wildman–Crippen LogP) is 4.02. The summed E-state index contributed by atoms with van der Waals surface area (Å²) in [6, 6.07) is 14.5. The highest BCUT2D eigenvalue weighted by Crippen LogP contribution is 2.67. The highest BCUT2D eigenvalue weighted by Gasteiger charge is 2.66. The van der Waals surface area contributed by atoms with Gasteiger partial charge >= 0.3 is 0 Å². The fraction of sp³-hybridized carbons (Fsp3) is 0.417. The largest absolute Gasteiger partial charge is 0.485 e. The molecule has 0 amide bonds. The molecule has 1 heterocycles. The van der Waals surface area contributed by atoms with E-state index in [9.17, 15) is 5.11 Å². The lowest BCUT2D eigenvalue weighted by atomic mass is 9.59. The molecule has 27 heavy (non-hydrogen) atoms. The zero-order valence-corrected chi connectivity index (χ0v) is 15.5. The molecule has 4 aliphatic rings. The molecule has 0 saturated heterocycles. The lowest BCUT2D eigenvalue weighted by Gasteiger charge is -2.44. The molecule has 2 aromatic carbocycles. The van der Waals surface area contributed by atoms with Gasteiger partial charge < -0.3 is 14.6 Å². The van der Waals surface area contributed by atoms with Gasteiger partial charge in [-0.3, -0.25) is 0 Å². The Balaban J connectivity index is 1.45. The van der Waals surface area contributed by atoms with E-state index < -0.39 is 6.10 Å². The Morgan fingerprint density at radius 3 is 2.85 bits per heavy atom. The van der Waals surface area contributed by atoms with Crippen LogP contribution in [0.1, 0.15) is 30.0 Å². The van der Waals surface area contributed by atoms with Crippen molar-refractivity contribution in [1.29, 1.82) is 0 Å². The number of benzene rings is 2. The minimum absolute atomic E-state index is 0.0761. The second-order valence-electron chi connectivity index (χ2n) is 8.73. The summed E-state index contributed by atoms with van der Waals surface area (Å²) in [5, 5.41) is 10.7. The van der Waals surface area contributed by atoms with Gasteiger partial charge in [0.2, 0.25) is 0 Å². The molecule has 2 aromatic rings. The second-order valence-corrected chi connectivity index (χ2v) is 8.73. The first-order valence-electron chi connectivity index (χ1n) is 10.0. The summed E-state index contributed by atoms with van der Waals surface area (Å²) in [5.41, 5.74) is 3.79. The maximum Gasteiger partial charge on any atom is 0.166 e. The molecule has 138 valence electrons. The van der Waals surface area contributed by atoms with Crippen LogP contribution in [0.2, 0.25) is 0 Å². The molecule has 0 radical (unpaired) electrons. The third kappa shape index (κ3) is 1.96. The van der Waals surface area contributed by atoms with Crippen LogP contribution in [0.5, 0.6) is 11.5 Å². The van der Waals surface area contributed by atoms with Crippen LogP contribution in [-0.2, 0) is 18.4 Å². The molecule has 6 rings (SSSR count). The molecule has 1 N–H and O–H groups in total. The second kappa shape index (κ2) is 5.39. The van der Waals surface area contributed by atoms with Gasteiger partial charge in [-0.1, -0.05) is 55.5 Å². The molecular weight excluding hydrogens is 336 g/mol. The summed E-state index contributed by atoms with van der Waals surface area (Å²) in [7, 11) is 0. The molecule has 3 aliphatic carbocycles. The summed E-state index contributed by atoms with van der Waals surface area (Å²) in [4.78, 5) is 0. The van der Waals surface area contributed by atoms with Gasteiger partial charge in [-0.25, -0.2) is 0 Å². The van der Waals surface area contributed by atoms with Gasteiger partial charge in [-0.2, -0.15) is 0 Å². The van der Waals surface area contributed by atoms with Gasteiger partial charge in [-0.05, 0) is 47.8 Å². The minimum Gasteiger partial charge on any atom is -0.485 e. The van der Waals surface area contributed by atoms with Crippen LogP contribution >= 0.6 is 0 Å². The van der Waals surface area contributed by atoms with E-state index in [1.807, 2.05) is 24.3 Å². The Morgan fingerprint density at radius 1 is 1.15 bits per heavy atom. The van der Waals surface area contributed by atoms with Crippen LogP contribution in [-0.4, -0.2) is 17.3 Å². The third-order valence-corrected chi connectivity index (χ3v) is 7.39. The Kier molecular flexibility index (Phi) is 3.14. The highest BCUT2D eigenvalue weighted by molar-refractivity contribution is 5.62. The van der Waals surface area contributed by atoms with Gasteiger partial charge in [0.05, 0.1) is 0 Å². The van der Waals surface area contributed by atoms with E-state index in [1.165, 1.54) is 11.1 Å². The van der Waals surface area contributed by atoms with Gasteiger partial charge in [-0.15, -0.1) is 0 Å². The number of rotatable bonds is 3. The Bertz CT molecular complexity index is 934. The van der Waals surface area contributed by atoms with Crippen molar-refractivity contribution >= 4 is 0 Å². The lowest BCUT2D eigenvalue weighted by Crippen LogP contribution is -2.52. The lowest BCUT2D eigenvalue weighted by molar-refractivity contribution is 0.00881. The quantitative estimate of drug-likeness (QED) is 0.840. The number of allylic oxidation sites excluding steroid dienone is 1. The van der Waals surface area contributed by atoms with Gasteiger partial charge in [0.25, 0.3) is 0 Å². The minimum atomic E-state index is -0.549. The molecule has 3 nitrogen and oxygen atoms in total. The van der Waals surface area contributed by atoms with Crippen molar-refractivity contribution in [3.8, 4) is 11.5 Å². The summed E-state index contributed by atoms with van der Waals surface area (Å²) in [6.07, 6.45) is 5.69. The molecule has 1 spiro atoms. The SMILES string of the molecule is CC1C[C@]23c4c5ccc(OCc6ccccc6)c4O[C@H]2[C@@H](O)C=C[C@H]3[C@H]1C5. The maximum absolute atomic E-state index is 10.7. The summed E-state index contributed by atoms with van der Waals surface area (Å²) in [6.45, 7) is 2.89. The highest BCUT2D eigenvalue weighted by atomic mass is 16.5. The average molecular weight is 360 g/mol. The molecule has 0 aromatic heterocycles. The van der Waals surface area contributed by atoms with Crippen LogP contribution in [0.4, 0.5) is 0 Å². The summed E-state index contributed by atoms with van der Waals surface area (Å²) < 4.78 is 12.7. The van der Waals surface area contributed by atoms with Crippen LogP contribution in [0.3, 0.4) is 0 Å². The summed E-state index contributed by atoms with van der Waals surface area (Å²) in [5.74, 6) is 3.45. The van der Waals surface area contributed by atoms with Crippen molar-refractivity contribution in [3.05, 3.63) is 71.3 Å². The Labute approximate surface area is 159 Å². The normalized spacial score (nSPS) is 37.0. The molecule has 1 saturated carbocycles. The van der Waals surface area contributed by atoms with E-state index in [0.29, 0.717) is 24.4 Å². The first-order valence-corrected chi connectivity index (χ1v) is 10.0. The smallest absolute Gasteiger partial charge is 0.166 e. The summed E-state index contributed by atoms with van der Waals surface area (Å²) >= 11 is 0. The molecule has 3 heteroatoms. The molecule has 1 unspecified atom stereocenters. The zero-order valence-electron chi connectivity index (χ0n) is 15.5. The zero-order chi connectivity index (χ0) is 18.2. The van der Waals surface area contributed by atoms with Crippen molar-refractivity contribution in [3.63, 3.8) is 0 Å². The van der Waals surface area contributed by atoms with Crippen molar-refractivity contribution in [2.45, 2.75) is 44.0 Å². The van der Waals surface area contributed by atoms with E-state index >= 15 is 0 Å². The van der Waals surface area contributed by atoms with E-state index in [2.05, 4.69) is 37.3 Å². The molecule has 1 aliphatic heterocycles. The number of aliphatic hydroxyl groups is 1. The van der Waals surface area contributed by atoms with E-state index in [0.717, 1.165) is 29.9 Å². The number of hydrogen-bond donors (Lipinski definition) is 1. The molecule has 1 fully saturated rings. The van der Waals surface area contributed by atoms with Crippen LogP contribution < -0.4 is 9.47 Å². The van der Waals surface area contributed by atoms with Crippen molar-refractivity contribution in [1.82, 2.24) is 0 Å². The van der Waals surface area contributed by atoms with Crippen molar-refractivity contribution in [2.75, 3.05) is 0 Å². The van der Waals surface area contributed by atoms with Gasteiger partial charge in [0.1, 0.15) is 18.8 Å². The molecule has 2 bridgehead atoms. The van der Waals surface area contributed by atoms with Gasteiger partial charge in [0, 0.05) is 11.0 Å². The maximum atomic E-state index is 10.7. The number of hydrogen-bond acceptors (Lipinski definition) is 3. The van der Waals surface area contributed by atoms with E-state index in [1.54, 1.807) is 0 Å². The third-order valence-electron chi connectivity index (χ3n) is 7.39. The average Bonchev–Trinajstić information content (AvgIpc) is 3.13. The van der Waals surface area contributed by atoms with Crippen LogP contribution in [0.25, 0.3) is 0 Å². The first-order chi connectivity index (χ1) is 13.2. The standard InChI is InChI=1S/C24H24O3/c1-14-12-24-18-8-9-19(25)23(24)27-22-20(26-13-15-5-3-2-4-6-15)10-7-16(21(22)24)11-17(14)18/h2-10,14,17-19,23,25H,11-13H2,1H3/t14?,17-,18-,19-,23-,24-/m0/s1. The number of aliphatic hydroxyl groups excluding tert-OH is 1. The van der Waals surface area contributed by atoms with Crippen molar-refractivity contribution < 1.29 is 14.6 Å². The fourth-order valence-corrected chi connectivity index (χ4v) is 6.36. The topological polar surface area (TPSA) is 38.7 Å². The monoisotopic (exact) mass is 360 g/mol. The fourth-order valence-electron chi connectivity index (χ4n) is 6.36. The molecule has 6 atom stereocenters. The van der Waals surface area contributed by atoms with E-state index in [-0.39, 0.29) is 11.5 Å². The Hall–Kier alpha value is -2.26. The Morgan fingerprint density at radius 2 is 2.00 bits per heavy atom. The van der Waals surface area contributed by atoms with Crippen molar-refractivity contribution in [2.24, 2.45) is 17.8 Å². The van der Waals surface area contributed by atoms with Gasteiger partial charge in [0.15, 0.2) is 11.5 Å². The predicted molar refractivity (Wildman–Crippen MR) is 103 cm³/mol.